The number of carbonyl (C=O) groups excluding carboxylic acids is 1. The maximum absolute atomic E-state index is 12.8. The van der Waals surface area contributed by atoms with E-state index >= 15 is 0 Å². The van der Waals surface area contributed by atoms with Gasteiger partial charge in [-0.05, 0) is 17.5 Å². The monoisotopic (exact) mass is 326 g/mol. The van der Waals surface area contributed by atoms with Gasteiger partial charge in [0.25, 0.3) is 5.91 Å². The predicted octanol–water partition coefficient (Wildman–Crippen LogP) is 2.61. The van der Waals surface area contributed by atoms with E-state index in [0.29, 0.717) is 24.6 Å². The topological polar surface area (TPSA) is 62.4 Å². The van der Waals surface area contributed by atoms with Crippen molar-refractivity contribution in [2.75, 3.05) is 13.1 Å². The van der Waals surface area contributed by atoms with Gasteiger partial charge in [0.2, 0.25) is 5.56 Å². The molecular weight excluding hydrogens is 304 g/mol. The largest absolute Gasteiger partial charge is 0.366 e. The summed E-state index contributed by atoms with van der Waals surface area (Å²) >= 11 is 0. The third-order valence-corrected chi connectivity index (χ3v) is 4.36. The predicted molar refractivity (Wildman–Crippen MR) is 91.9 cm³/mol. The van der Waals surface area contributed by atoms with Gasteiger partial charge in [0.1, 0.15) is 6.10 Å². The molecule has 1 aromatic carbocycles. The molecule has 0 radical (unpaired) electrons. The van der Waals surface area contributed by atoms with Crippen molar-refractivity contribution in [3.8, 4) is 0 Å². The molecule has 3 rings (SSSR count). The van der Waals surface area contributed by atoms with Crippen LogP contribution in [0.1, 0.15) is 35.9 Å². The number of H-pyrrole nitrogens is 1. The van der Waals surface area contributed by atoms with E-state index in [1.54, 1.807) is 6.07 Å². The lowest BCUT2D eigenvalue weighted by Crippen LogP contribution is -2.48. The number of rotatable bonds is 3. The molecule has 5 heteroatoms. The molecule has 1 saturated heterocycles. The van der Waals surface area contributed by atoms with Gasteiger partial charge in [0.05, 0.1) is 18.2 Å². The number of aromatic nitrogens is 1. The second-order valence-corrected chi connectivity index (χ2v) is 6.47. The van der Waals surface area contributed by atoms with Crippen LogP contribution < -0.4 is 5.56 Å². The Hall–Kier alpha value is -2.40. The number of hydrogen-bond donors (Lipinski definition) is 1. The van der Waals surface area contributed by atoms with Crippen LogP contribution in [0.4, 0.5) is 0 Å². The summed E-state index contributed by atoms with van der Waals surface area (Å²) < 4.78 is 6.22. The summed E-state index contributed by atoms with van der Waals surface area (Å²) in [6.07, 6.45) is 1.32. The highest BCUT2D eigenvalue weighted by Crippen LogP contribution is 2.28. The van der Waals surface area contributed by atoms with Crippen molar-refractivity contribution in [2.45, 2.75) is 26.1 Å². The Morgan fingerprint density at radius 1 is 1.17 bits per heavy atom. The van der Waals surface area contributed by atoms with Gasteiger partial charge >= 0.3 is 0 Å². The van der Waals surface area contributed by atoms with Crippen molar-refractivity contribution >= 4 is 5.91 Å². The van der Waals surface area contributed by atoms with Crippen molar-refractivity contribution in [2.24, 2.45) is 5.92 Å². The van der Waals surface area contributed by atoms with E-state index in [0.717, 1.165) is 5.56 Å². The average Bonchev–Trinajstić information content (AvgIpc) is 2.62. The molecule has 0 unspecified atom stereocenters. The summed E-state index contributed by atoms with van der Waals surface area (Å²) in [4.78, 5) is 28.4. The van der Waals surface area contributed by atoms with Crippen molar-refractivity contribution in [1.29, 1.82) is 0 Å². The summed E-state index contributed by atoms with van der Waals surface area (Å²) in [7, 11) is 0. The van der Waals surface area contributed by atoms with Crippen LogP contribution >= 0.6 is 0 Å². The molecule has 2 aromatic rings. The second kappa shape index (κ2) is 7.01. The van der Waals surface area contributed by atoms with Crippen LogP contribution in [0.5, 0.6) is 0 Å². The summed E-state index contributed by atoms with van der Waals surface area (Å²) in [6.45, 7) is 5.26. The van der Waals surface area contributed by atoms with E-state index in [1.807, 2.05) is 35.2 Å². The Labute approximate surface area is 141 Å². The Balaban J connectivity index is 1.84. The van der Waals surface area contributed by atoms with Crippen LogP contribution in [0.3, 0.4) is 0 Å². The van der Waals surface area contributed by atoms with E-state index in [9.17, 15) is 9.59 Å². The molecular formula is C19H22N2O3. The first-order valence-electron chi connectivity index (χ1n) is 8.23. The Kier molecular flexibility index (Phi) is 4.81. The summed E-state index contributed by atoms with van der Waals surface area (Å²) in [5.41, 5.74) is 1.35. The summed E-state index contributed by atoms with van der Waals surface area (Å²) in [5, 5.41) is 0. The van der Waals surface area contributed by atoms with Gasteiger partial charge in [-0.15, -0.1) is 0 Å². The van der Waals surface area contributed by atoms with Gasteiger partial charge < -0.3 is 14.6 Å². The number of carbonyl (C=O) groups is 1. The average molecular weight is 326 g/mol. The minimum atomic E-state index is -0.212. The molecule has 2 atom stereocenters. The number of ether oxygens (including phenoxy) is 1. The van der Waals surface area contributed by atoms with E-state index in [-0.39, 0.29) is 23.7 Å². The molecule has 0 aliphatic carbocycles. The molecule has 1 amide bonds. The number of hydrogen-bond acceptors (Lipinski definition) is 3. The SMILES string of the molecule is CC(C)[C@H]1CN(C(=O)c2ccc(=O)[nH]c2)C[C@@H](c2ccccc2)O1. The normalized spacial score (nSPS) is 21.0. The molecule has 0 saturated carbocycles. The maximum atomic E-state index is 12.8. The maximum Gasteiger partial charge on any atom is 0.255 e. The Morgan fingerprint density at radius 3 is 2.54 bits per heavy atom. The zero-order valence-corrected chi connectivity index (χ0v) is 13.9. The molecule has 1 aromatic heterocycles. The quantitative estimate of drug-likeness (QED) is 0.943. The minimum Gasteiger partial charge on any atom is -0.366 e. The van der Waals surface area contributed by atoms with Crippen LogP contribution in [0.2, 0.25) is 0 Å². The van der Waals surface area contributed by atoms with Crippen molar-refractivity contribution in [1.82, 2.24) is 9.88 Å². The van der Waals surface area contributed by atoms with Crippen LogP contribution in [0.25, 0.3) is 0 Å². The smallest absolute Gasteiger partial charge is 0.255 e. The number of pyridine rings is 1. The Morgan fingerprint density at radius 2 is 1.92 bits per heavy atom. The van der Waals surface area contributed by atoms with Crippen LogP contribution in [0, 0.1) is 5.92 Å². The highest BCUT2D eigenvalue weighted by Gasteiger charge is 2.33. The molecule has 5 nitrogen and oxygen atoms in total. The summed E-state index contributed by atoms with van der Waals surface area (Å²) in [6, 6.07) is 12.9. The van der Waals surface area contributed by atoms with E-state index in [2.05, 4.69) is 18.8 Å². The molecule has 24 heavy (non-hydrogen) atoms. The zero-order chi connectivity index (χ0) is 17.1. The molecule has 0 spiro atoms. The van der Waals surface area contributed by atoms with Crippen LogP contribution in [-0.2, 0) is 4.74 Å². The zero-order valence-electron chi connectivity index (χ0n) is 13.9. The highest BCUT2D eigenvalue weighted by atomic mass is 16.5. The Bertz CT molecular complexity index is 734. The van der Waals surface area contributed by atoms with Gasteiger partial charge in [0.15, 0.2) is 0 Å². The first kappa shape index (κ1) is 16.5. The minimum absolute atomic E-state index is 0.0179. The third-order valence-electron chi connectivity index (χ3n) is 4.36. The third kappa shape index (κ3) is 3.57. The lowest BCUT2D eigenvalue weighted by molar-refractivity contribution is -0.0954. The molecule has 1 aliphatic rings. The van der Waals surface area contributed by atoms with Crippen molar-refractivity contribution in [3.05, 3.63) is 70.1 Å². The van der Waals surface area contributed by atoms with Gasteiger partial charge in [-0.3, -0.25) is 9.59 Å². The standard InChI is InChI=1S/C19H22N2O3/c1-13(2)16-11-21(19(23)15-8-9-18(22)20-10-15)12-17(24-16)14-6-4-3-5-7-14/h3-10,13,16-17H,11-12H2,1-2H3,(H,20,22)/t16-,17+/m1/s1. The number of benzene rings is 1. The molecule has 1 fully saturated rings. The van der Waals surface area contributed by atoms with Gasteiger partial charge in [0, 0.05) is 18.8 Å². The van der Waals surface area contributed by atoms with Crippen molar-refractivity contribution in [3.63, 3.8) is 0 Å². The first-order valence-corrected chi connectivity index (χ1v) is 8.23. The highest BCUT2D eigenvalue weighted by molar-refractivity contribution is 5.94. The van der Waals surface area contributed by atoms with Gasteiger partial charge in [-0.1, -0.05) is 44.2 Å². The number of nitrogens with one attached hydrogen (secondary N) is 1. The number of amides is 1. The lowest BCUT2D eigenvalue weighted by Gasteiger charge is -2.40. The number of morpholine rings is 1. The number of aromatic amines is 1. The molecule has 1 N–H and O–H groups in total. The molecule has 2 heterocycles. The fraction of sp³-hybridized carbons (Fsp3) is 0.368. The molecule has 0 bridgehead atoms. The van der Waals surface area contributed by atoms with Gasteiger partial charge in [-0.25, -0.2) is 0 Å². The summed E-state index contributed by atoms with van der Waals surface area (Å²) in [5.74, 6) is 0.225. The van der Waals surface area contributed by atoms with E-state index < -0.39 is 0 Å². The molecule has 1 aliphatic heterocycles. The lowest BCUT2D eigenvalue weighted by atomic mass is 10.0. The second-order valence-electron chi connectivity index (χ2n) is 6.47. The van der Waals surface area contributed by atoms with E-state index in [1.165, 1.54) is 12.3 Å². The van der Waals surface area contributed by atoms with Gasteiger partial charge in [-0.2, -0.15) is 0 Å². The fourth-order valence-corrected chi connectivity index (χ4v) is 2.90. The van der Waals surface area contributed by atoms with Crippen molar-refractivity contribution < 1.29 is 9.53 Å². The van der Waals surface area contributed by atoms with Crippen LogP contribution in [0.15, 0.2) is 53.5 Å². The number of nitrogens with zero attached hydrogens (tertiary/aromatic N) is 1. The molecule has 126 valence electrons. The first-order chi connectivity index (χ1) is 11.5. The van der Waals surface area contributed by atoms with E-state index in [4.69, 9.17) is 4.74 Å². The fourth-order valence-electron chi connectivity index (χ4n) is 2.90. The van der Waals surface area contributed by atoms with Crippen LogP contribution in [-0.4, -0.2) is 35.0 Å².